The number of benzene rings is 1. The second-order valence-electron chi connectivity index (χ2n) is 3.27. The highest BCUT2D eigenvalue weighted by Gasteiger charge is 2.16. The molecule has 0 fully saturated rings. The Morgan fingerprint density at radius 3 is 2.33 bits per heavy atom. The molecule has 1 unspecified atom stereocenters. The number of aliphatic hydroxyl groups excluding tert-OH is 1. The van der Waals surface area contributed by atoms with E-state index in [4.69, 9.17) is 10.8 Å². The molecule has 0 radical (unpaired) electrons. The van der Waals surface area contributed by atoms with Gasteiger partial charge in [-0.1, -0.05) is 13.0 Å². The molecule has 86 valence electrons. The molecule has 0 amide bonds. The van der Waals surface area contributed by atoms with Gasteiger partial charge in [-0.25, -0.2) is 0 Å². The van der Waals surface area contributed by atoms with E-state index in [-0.39, 0.29) is 29.9 Å². The molecule has 15 heavy (non-hydrogen) atoms. The van der Waals surface area contributed by atoms with Crippen molar-refractivity contribution in [3.8, 4) is 11.5 Å². The van der Waals surface area contributed by atoms with Gasteiger partial charge in [0.25, 0.3) is 0 Å². The molecule has 0 bridgehead atoms. The van der Waals surface area contributed by atoms with Crippen LogP contribution in [0.25, 0.3) is 0 Å². The van der Waals surface area contributed by atoms with E-state index in [0.29, 0.717) is 12.0 Å². The molecular formula is C10H16ClNO3. The number of aromatic hydroxyl groups is 2. The Morgan fingerprint density at radius 1 is 1.27 bits per heavy atom. The third-order valence-corrected chi connectivity index (χ3v) is 2.22. The van der Waals surface area contributed by atoms with Gasteiger partial charge in [0, 0.05) is 6.04 Å². The van der Waals surface area contributed by atoms with E-state index in [1.165, 1.54) is 18.2 Å². The van der Waals surface area contributed by atoms with Crippen molar-refractivity contribution in [2.24, 2.45) is 5.73 Å². The molecule has 1 aromatic carbocycles. The lowest BCUT2D eigenvalue weighted by Gasteiger charge is -2.17. The first-order valence-electron chi connectivity index (χ1n) is 4.51. The highest BCUT2D eigenvalue weighted by molar-refractivity contribution is 5.85. The summed E-state index contributed by atoms with van der Waals surface area (Å²) in [5.41, 5.74) is 6.15. The SMILES string of the molecule is CCC(N)[C@H](O)c1ccc(O)c(O)c1.Cl. The zero-order valence-electron chi connectivity index (χ0n) is 8.42. The molecule has 1 rings (SSSR count). The lowest BCUT2D eigenvalue weighted by Crippen LogP contribution is -2.27. The van der Waals surface area contributed by atoms with Gasteiger partial charge in [-0.3, -0.25) is 0 Å². The first-order valence-corrected chi connectivity index (χ1v) is 4.51. The van der Waals surface area contributed by atoms with Crippen LogP contribution < -0.4 is 5.73 Å². The zero-order valence-corrected chi connectivity index (χ0v) is 9.24. The average Bonchev–Trinajstić information content (AvgIpc) is 2.20. The maximum Gasteiger partial charge on any atom is 0.157 e. The summed E-state index contributed by atoms with van der Waals surface area (Å²) in [5, 5.41) is 27.9. The number of phenols is 2. The van der Waals surface area contributed by atoms with Crippen LogP contribution in [0.15, 0.2) is 18.2 Å². The van der Waals surface area contributed by atoms with Crippen molar-refractivity contribution in [3.05, 3.63) is 23.8 Å². The summed E-state index contributed by atoms with van der Waals surface area (Å²) in [5.74, 6) is -0.448. The van der Waals surface area contributed by atoms with E-state index in [2.05, 4.69) is 0 Å². The lowest BCUT2D eigenvalue weighted by molar-refractivity contribution is 0.144. The van der Waals surface area contributed by atoms with E-state index < -0.39 is 6.10 Å². The third kappa shape index (κ3) is 3.27. The Kier molecular flexibility index (Phi) is 5.43. The number of phenolic OH excluding ortho intramolecular Hbond substituents is 2. The van der Waals surface area contributed by atoms with Crippen LogP contribution in [0.3, 0.4) is 0 Å². The molecule has 0 saturated heterocycles. The van der Waals surface area contributed by atoms with Crippen LogP contribution in [-0.4, -0.2) is 21.4 Å². The molecule has 0 saturated carbocycles. The second-order valence-corrected chi connectivity index (χ2v) is 3.27. The van der Waals surface area contributed by atoms with Gasteiger partial charge < -0.3 is 21.1 Å². The van der Waals surface area contributed by atoms with E-state index in [0.717, 1.165) is 0 Å². The van der Waals surface area contributed by atoms with Gasteiger partial charge in [0.2, 0.25) is 0 Å². The van der Waals surface area contributed by atoms with Crippen LogP contribution in [0.4, 0.5) is 0 Å². The predicted octanol–water partition coefficient (Wildman–Crippen LogP) is 1.29. The highest BCUT2D eigenvalue weighted by atomic mass is 35.5. The Labute approximate surface area is 94.8 Å². The van der Waals surface area contributed by atoms with Gasteiger partial charge in [0.15, 0.2) is 11.5 Å². The third-order valence-electron chi connectivity index (χ3n) is 2.22. The molecule has 2 atom stereocenters. The Hall–Kier alpha value is -0.970. The molecule has 0 aliphatic heterocycles. The molecule has 0 aromatic heterocycles. The standard InChI is InChI=1S/C10H15NO3.ClH/c1-2-7(11)10(14)6-3-4-8(12)9(13)5-6;/h3-5,7,10,12-14H,2,11H2,1H3;1H/t7?,10-;/m1./s1. The Morgan fingerprint density at radius 2 is 1.87 bits per heavy atom. The molecular weight excluding hydrogens is 218 g/mol. The van der Waals surface area contributed by atoms with Gasteiger partial charge in [-0.2, -0.15) is 0 Å². The first kappa shape index (κ1) is 14.0. The summed E-state index contributed by atoms with van der Waals surface area (Å²) in [4.78, 5) is 0. The maximum absolute atomic E-state index is 9.69. The van der Waals surface area contributed by atoms with Crippen molar-refractivity contribution in [1.29, 1.82) is 0 Å². The number of hydrogen-bond acceptors (Lipinski definition) is 4. The van der Waals surface area contributed by atoms with Gasteiger partial charge >= 0.3 is 0 Å². The highest BCUT2D eigenvalue weighted by Crippen LogP contribution is 2.28. The van der Waals surface area contributed by atoms with Crippen LogP contribution in [0.1, 0.15) is 25.0 Å². The molecule has 0 aliphatic rings. The van der Waals surface area contributed by atoms with E-state index in [9.17, 15) is 10.2 Å². The summed E-state index contributed by atoms with van der Waals surface area (Å²) in [7, 11) is 0. The number of rotatable bonds is 3. The van der Waals surface area contributed by atoms with Crippen molar-refractivity contribution < 1.29 is 15.3 Å². The Bertz CT molecular complexity index is 320. The molecule has 0 aliphatic carbocycles. The average molecular weight is 234 g/mol. The monoisotopic (exact) mass is 233 g/mol. The molecule has 5 heteroatoms. The minimum Gasteiger partial charge on any atom is -0.504 e. The van der Waals surface area contributed by atoms with Crippen LogP contribution in [0.2, 0.25) is 0 Å². The predicted molar refractivity (Wildman–Crippen MR) is 60.2 cm³/mol. The summed E-state index contributed by atoms with van der Waals surface area (Å²) < 4.78 is 0. The van der Waals surface area contributed by atoms with E-state index >= 15 is 0 Å². The van der Waals surface area contributed by atoms with Crippen molar-refractivity contribution in [2.45, 2.75) is 25.5 Å². The number of aliphatic hydroxyl groups is 1. The smallest absolute Gasteiger partial charge is 0.157 e. The number of nitrogens with two attached hydrogens (primary N) is 1. The quantitative estimate of drug-likeness (QED) is 0.593. The van der Waals surface area contributed by atoms with E-state index in [1.807, 2.05) is 6.92 Å². The van der Waals surface area contributed by atoms with Crippen molar-refractivity contribution in [1.82, 2.24) is 0 Å². The molecule has 4 nitrogen and oxygen atoms in total. The van der Waals surface area contributed by atoms with Crippen molar-refractivity contribution >= 4 is 12.4 Å². The largest absolute Gasteiger partial charge is 0.504 e. The normalized spacial score (nSPS) is 14.1. The minimum absolute atomic E-state index is 0. The van der Waals surface area contributed by atoms with Gasteiger partial charge in [-0.15, -0.1) is 12.4 Å². The molecule has 5 N–H and O–H groups in total. The molecule has 1 aromatic rings. The van der Waals surface area contributed by atoms with Gasteiger partial charge in [0.1, 0.15) is 0 Å². The topological polar surface area (TPSA) is 86.7 Å². The fraction of sp³-hybridized carbons (Fsp3) is 0.400. The fourth-order valence-electron chi connectivity index (χ4n) is 1.19. The van der Waals surface area contributed by atoms with Crippen LogP contribution in [0, 0.1) is 0 Å². The summed E-state index contributed by atoms with van der Waals surface area (Å²) >= 11 is 0. The van der Waals surface area contributed by atoms with Crippen LogP contribution in [0.5, 0.6) is 11.5 Å². The number of hydrogen-bond donors (Lipinski definition) is 4. The van der Waals surface area contributed by atoms with Crippen molar-refractivity contribution in [3.63, 3.8) is 0 Å². The first-order chi connectivity index (χ1) is 6.56. The number of halogens is 1. The van der Waals surface area contributed by atoms with Crippen LogP contribution >= 0.6 is 12.4 Å². The maximum atomic E-state index is 9.69. The summed E-state index contributed by atoms with van der Waals surface area (Å²) in [6.45, 7) is 1.87. The Balaban J connectivity index is 0.00000196. The minimum atomic E-state index is -0.813. The fourth-order valence-corrected chi connectivity index (χ4v) is 1.19. The molecule has 0 heterocycles. The van der Waals surface area contributed by atoms with Crippen LogP contribution in [-0.2, 0) is 0 Å². The van der Waals surface area contributed by atoms with Gasteiger partial charge in [0.05, 0.1) is 6.10 Å². The molecule has 0 spiro atoms. The lowest BCUT2D eigenvalue weighted by atomic mass is 10.0. The summed E-state index contributed by atoms with van der Waals surface area (Å²) in [6.07, 6.45) is -0.172. The summed E-state index contributed by atoms with van der Waals surface area (Å²) in [6, 6.07) is 3.82. The van der Waals surface area contributed by atoms with Crippen molar-refractivity contribution in [2.75, 3.05) is 0 Å². The zero-order chi connectivity index (χ0) is 10.7. The second kappa shape index (κ2) is 5.80. The van der Waals surface area contributed by atoms with Gasteiger partial charge in [-0.05, 0) is 24.1 Å². The van der Waals surface area contributed by atoms with E-state index in [1.54, 1.807) is 0 Å².